The summed E-state index contributed by atoms with van der Waals surface area (Å²) in [6, 6.07) is 19.2. The highest BCUT2D eigenvalue weighted by molar-refractivity contribution is 6.23. The highest BCUT2D eigenvalue weighted by Crippen LogP contribution is 2.35. The van der Waals surface area contributed by atoms with Crippen molar-refractivity contribution in [3.8, 4) is 22.7 Å². The molecule has 360 valence electrons. The fourth-order valence-corrected chi connectivity index (χ4v) is 8.15. The molecule has 6 aromatic rings. The Balaban J connectivity index is 0.749. The molecule has 3 aromatic heterocycles. The van der Waals surface area contributed by atoms with Gasteiger partial charge in [-0.05, 0) is 73.0 Å². The monoisotopic (exact) mass is 959 g/mol. The molecular weight excluding hydrogens is 916 g/mol. The minimum Gasteiger partial charge on any atom is -0.474 e. The van der Waals surface area contributed by atoms with E-state index in [1.807, 2.05) is 37.3 Å². The van der Waals surface area contributed by atoms with Crippen molar-refractivity contribution in [2.75, 3.05) is 49.7 Å². The number of carbonyl (C=O) groups excluding carboxylic acids is 5. The molecule has 3 aliphatic rings. The molecule has 9 rings (SSSR count). The number of benzene rings is 3. The number of nitrogens with one attached hydrogen (secondary N) is 2. The predicted molar refractivity (Wildman–Crippen MR) is 243 cm³/mol. The van der Waals surface area contributed by atoms with E-state index in [0.717, 1.165) is 33.8 Å². The molecule has 6 heterocycles. The van der Waals surface area contributed by atoms with Gasteiger partial charge in [0.1, 0.15) is 24.0 Å². The van der Waals surface area contributed by atoms with E-state index in [4.69, 9.17) is 18.9 Å². The second-order valence-electron chi connectivity index (χ2n) is 16.6. The van der Waals surface area contributed by atoms with Crippen LogP contribution in [0.15, 0.2) is 97.5 Å². The molecular formula is C49H44F3N9O9. The van der Waals surface area contributed by atoms with E-state index in [1.54, 1.807) is 24.5 Å². The zero-order valence-electron chi connectivity index (χ0n) is 37.5. The van der Waals surface area contributed by atoms with E-state index in [0.29, 0.717) is 79.3 Å². The van der Waals surface area contributed by atoms with Gasteiger partial charge in [0.25, 0.3) is 17.7 Å². The van der Waals surface area contributed by atoms with Gasteiger partial charge in [-0.25, -0.2) is 9.67 Å². The lowest BCUT2D eigenvalue weighted by Gasteiger charge is -2.30. The molecule has 2 N–H and O–H groups in total. The van der Waals surface area contributed by atoms with Crippen LogP contribution in [0.1, 0.15) is 72.0 Å². The first-order valence-corrected chi connectivity index (χ1v) is 22.2. The molecule has 2 fully saturated rings. The fraction of sp³-hybridized carbons (Fsp3) is 0.286. The van der Waals surface area contributed by atoms with Crippen molar-refractivity contribution in [1.82, 2.24) is 35.2 Å². The summed E-state index contributed by atoms with van der Waals surface area (Å²) < 4.78 is 64.9. The van der Waals surface area contributed by atoms with Gasteiger partial charge < -0.3 is 29.2 Å². The Morgan fingerprint density at radius 1 is 0.843 bits per heavy atom. The highest BCUT2D eigenvalue weighted by Gasteiger charge is 2.44. The largest absolute Gasteiger partial charge is 0.474 e. The lowest BCUT2D eigenvalue weighted by Crippen LogP contribution is -2.54. The Kier molecular flexibility index (Phi) is 13.7. The molecule has 0 radical (unpaired) electrons. The van der Waals surface area contributed by atoms with Crippen molar-refractivity contribution in [3.63, 3.8) is 0 Å². The number of amides is 5. The molecule has 18 nitrogen and oxygen atoms in total. The molecule has 0 bridgehead atoms. The van der Waals surface area contributed by atoms with Crippen LogP contribution >= 0.6 is 0 Å². The van der Waals surface area contributed by atoms with E-state index in [-0.39, 0.29) is 49.4 Å². The van der Waals surface area contributed by atoms with Gasteiger partial charge >= 0.3 is 6.18 Å². The van der Waals surface area contributed by atoms with Crippen LogP contribution in [0.25, 0.3) is 16.8 Å². The van der Waals surface area contributed by atoms with E-state index < -0.39 is 47.3 Å². The number of piperidine rings is 1. The summed E-state index contributed by atoms with van der Waals surface area (Å²) in [4.78, 5) is 75.4. The van der Waals surface area contributed by atoms with Crippen molar-refractivity contribution in [2.24, 2.45) is 0 Å². The molecule has 21 heteroatoms. The van der Waals surface area contributed by atoms with Crippen molar-refractivity contribution in [3.05, 3.63) is 142 Å². The summed E-state index contributed by atoms with van der Waals surface area (Å²) in [5.41, 5.74) is 5.16. The maximum absolute atomic E-state index is 13.3. The zero-order chi connectivity index (χ0) is 48.9. The van der Waals surface area contributed by atoms with E-state index >= 15 is 0 Å². The van der Waals surface area contributed by atoms with E-state index in [9.17, 15) is 37.1 Å². The summed E-state index contributed by atoms with van der Waals surface area (Å²) in [6.45, 7) is 5.32. The number of pyridine rings is 2. The molecule has 1 atom stereocenters. The van der Waals surface area contributed by atoms with Gasteiger partial charge in [0, 0.05) is 48.1 Å². The van der Waals surface area contributed by atoms with Crippen LogP contribution in [0.2, 0.25) is 0 Å². The lowest BCUT2D eigenvalue weighted by molar-refractivity contribution is -0.138. The summed E-state index contributed by atoms with van der Waals surface area (Å²) in [5, 5.41) is 13.2. The van der Waals surface area contributed by atoms with Crippen molar-refractivity contribution in [2.45, 2.75) is 51.8 Å². The van der Waals surface area contributed by atoms with Crippen LogP contribution < -0.4 is 20.3 Å². The SMILES string of the molecule is Cc1ncc(NC(=O)c2cccc(C(F)(F)F)c2)cc1-c1cnc(OCCOCc2ccc(COCc3cn(-c4ccc5c(c4)C(=O)N(C4CCC(=O)NC4=O)C5=O)nn3)cc2)c(N2CCOCC2)c1. The molecule has 70 heavy (non-hydrogen) atoms. The summed E-state index contributed by atoms with van der Waals surface area (Å²) in [7, 11) is 0. The second kappa shape index (κ2) is 20.4. The van der Waals surface area contributed by atoms with Crippen LogP contribution in [0.4, 0.5) is 24.5 Å². The first-order valence-electron chi connectivity index (χ1n) is 22.2. The van der Waals surface area contributed by atoms with Crippen LogP contribution in [0.5, 0.6) is 5.88 Å². The Bertz CT molecular complexity index is 2980. The second-order valence-corrected chi connectivity index (χ2v) is 16.6. The maximum atomic E-state index is 13.3. The van der Waals surface area contributed by atoms with Crippen molar-refractivity contribution in [1.29, 1.82) is 0 Å². The summed E-state index contributed by atoms with van der Waals surface area (Å²) in [6.07, 6.45) is 0.249. The number of imide groups is 2. The van der Waals surface area contributed by atoms with E-state index in [1.165, 1.54) is 35.1 Å². The molecule has 0 aliphatic carbocycles. The number of halogens is 3. The van der Waals surface area contributed by atoms with Gasteiger partial charge in [-0.15, -0.1) is 5.10 Å². The minimum absolute atomic E-state index is 0.0308. The van der Waals surface area contributed by atoms with Crippen LogP contribution in [0.3, 0.4) is 0 Å². The third-order valence-corrected chi connectivity index (χ3v) is 11.8. The quantitative estimate of drug-likeness (QED) is 0.0862. The molecule has 1 unspecified atom stereocenters. The Labute approximate surface area is 397 Å². The number of rotatable bonds is 16. The topological polar surface area (TPSA) is 209 Å². The molecule has 0 spiro atoms. The molecule has 2 saturated heterocycles. The number of fused-ring (bicyclic) bond motifs is 1. The maximum Gasteiger partial charge on any atom is 0.416 e. The van der Waals surface area contributed by atoms with Gasteiger partial charge in [-0.3, -0.25) is 39.2 Å². The Morgan fingerprint density at radius 3 is 2.36 bits per heavy atom. The number of hydrogen-bond donors (Lipinski definition) is 2. The Hall–Kier alpha value is -7.88. The number of hydrogen-bond acceptors (Lipinski definition) is 14. The number of ether oxygens (including phenoxy) is 4. The van der Waals surface area contributed by atoms with Gasteiger partial charge in [0.05, 0.1) is 80.1 Å². The van der Waals surface area contributed by atoms with Gasteiger partial charge in [0.2, 0.25) is 17.7 Å². The normalized spacial score (nSPS) is 16.1. The summed E-state index contributed by atoms with van der Waals surface area (Å²) in [5.74, 6) is -2.64. The van der Waals surface area contributed by atoms with Crippen LogP contribution in [-0.4, -0.2) is 105 Å². The van der Waals surface area contributed by atoms with Gasteiger partial charge in [-0.1, -0.05) is 35.5 Å². The van der Waals surface area contributed by atoms with Gasteiger partial charge in [-0.2, -0.15) is 13.2 Å². The first kappa shape index (κ1) is 47.2. The molecule has 5 amide bonds. The zero-order valence-corrected chi connectivity index (χ0v) is 37.5. The standard InChI is InChI=1S/C49H44F3N9O9/c1-29-39(21-35(24-53-29)55-44(63)32-3-2-4-34(19-32)49(50,51)52)33-20-42(59-13-15-67-16-14-59)46(54-23-33)70-18-17-68-26-30-5-7-31(8-6-30)27-69-28-36-25-60(58-57-36)37-9-10-38-40(22-37)48(66)61(47(38)65)41-11-12-43(62)56-45(41)64/h2-10,19-25,41H,11-18,26-28H2,1H3,(H,55,63)(H,56,62,64). The lowest BCUT2D eigenvalue weighted by atomic mass is 10.0. The number of anilines is 2. The fourth-order valence-electron chi connectivity index (χ4n) is 8.15. The molecule has 0 saturated carbocycles. The summed E-state index contributed by atoms with van der Waals surface area (Å²) >= 11 is 0. The Morgan fingerprint density at radius 2 is 1.60 bits per heavy atom. The molecule has 3 aromatic carbocycles. The number of aryl methyl sites for hydroxylation is 1. The van der Waals surface area contributed by atoms with Crippen molar-refractivity contribution < 1.29 is 56.1 Å². The average molecular weight is 960 g/mol. The van der Waals surface area contributed by atoms with Gasteiger partial charge in [0.15, 0.2) is 0 Å². The minimum atomic E-state index is -4.59. The number of morpholine rings is 1. The number of aromatic nitrogens is 5. The highest BCUT2D eigenvalue weighted by atomic mass is 19.4. The molecule has 3 aliphatic heterocycles. The third-order valence-electron chi connectivity index (χ3n) is 11.8. The smallest absolute Gasteiger partial charge is 0.416 e. The number of carbonyl (C=O) groups is 5. The number of alkyl halides is 3. The number of nitrogens with zero attached hydrogens (tertiary/aromatic N) is 7. The third kappa shape index (κ3) is 10.6. The van der Waals surface area contributed by atoms with Crippen LogP contribution in [0, 0.1) is 6.92 Å². The van der Waals surface area contributed by atoms with E-state index in [2.05, 4.69) is 35.8 Å². The van der Waals surface area contributed by atoms with Crippen LogP contribution in [-0.2, 0) is 49.8 Å². The average Bonchev–Trinajstić information content (AvgIpc) is 3.93. The first-order chi connectivity index (χ1) is 33.8. The predicted octanol–water partition coefficient (Wildman–Crippen LogP) is 5.85. The van der Waals surface area contributed by atoms with Crippen molar-refractivity contribution >= 4 is 40.9 Å².